The third kappa shape index (κ3) is 6.38. The highest BCUT2D eigenvalue weighted by Gasteiger charge is 2.12. The van der Waals surface area contributed by atoms with Crippen LogP contribution in [-0.2, 0) is 0 Å². The number of hydrazone groups is 1. The number of rotatable bonds is 11. The Labute approximate surface area is 190 Å². The fraction of sp³-hybridized carbons (Fsp3) is 0.273. The lowest BCUT2D eigenvalue weighted by atomic mass is 10.2. The van der Waals surface area contributed by atoms with Crippen molar-refractivity contribution in [3.05, 3.63) is 57.7 Å². The molecule has 0 saturated carbocycles. The van der Waals surface area contributed by atoms with Gasteiger partial charge in [-0.2, -0.15) is 5.10 Å². The highest BCUT2D eigenvalue weighted by atomic mass is 127. The molecule has 0 spiro atoms. The van der Waals surface area contributed by atoms with Gasteiger partial charge in [-0.25, -0.2) is 5.43 Å². The second kappa shape index (κ2) is 12.1. The van der Waals surface area contributed by atoms with Crippen molar-refractivity contribution in [3.8, 4) is 23.0 Å². The number of amides is 1. The molecular formula is C22H25IN2O5. The van der Waals surface area contributed by atoms with Crippen LogP contribution in [0, 0.1) is 3.57 Å². The molecule has 160 valence electrons. The molecule has 2 aromatic rings. The molecule has 0 aromatic heterocycles. The summed E-state index contributed by atoms with van der Waals surface area (Å²) in [5, 5.41) is 4.05. The lowest BCUT2D eigenvalue weighted by molar-refractivity contribution is 0.0954. The summed E-state index contributed by atoms with van der Waals surface area (Å²) < 4.78 is 23.0. The highest BCUT2D eigenvalue weighted by molar-refractivity contribution is 14.1. The van der Waals surface area contributed by atoms with Gasteiger partial charge in [-0.3, -0.25) is 4.79 Å². The third-order valence-corrected chi connectivity index (χ3v) is 4.58. The van der Waals surface area contributed by atoms with Crippen molar-refractivity contribution in [1.29, 1.82) is 0 Å². The first-order valence-electron chi connectivity index (χ1n) is 9.38. The highest BCUT2D eigenvalue weighted by Crippen LogP contribution is 2.33. The van der Waals surface area contributed by atoms with Gasteiger partial charge in [0.05, 0.1) is 30.1 Å². The molecule has 0 unspecified atom stereocenters. The van der Waals surface area contributed by atoms with Gasteiger partial charge in [-0.05, 0) is 72.3 Å². The van der Waals surface area contributed by atoms with Crippen molar-refractivity contribution < 1.29 is 23.7 Å². The molecule has 0 saturated heterocycles. The average Bonchev–Trinajstić information content (AvgIpc) is 2.74. The maximum absolute atomic E-state index is 12.4. The van der Waals surface area contributed by atoms with Gasteiger partial charge < -0.3 is 18.9 Å². The number of ether oxygens (including phenoxy) is 4. The van der Waals surface area contributed by atoms with Crippen LogP contribution in [0.25, 0.3) is 0 Å². The van der Waals surface area contributed by atoms with E-state index >= 15 is 0 Å². The van der Waals surface area contributed by atoms with Crippen LogP contribution in [0.2, 0.25) is 0 Å². The standard InChI is InChI=1S/C22H25IN2O5/c1-5-10-30-21-17(23)11-15(12-20(21)27-4)14-24-25-22(26)16-8-9-18(28-6-2)19(13-16)29-7-3/h5,8-9,11-14H,1,6-7,10H2,2-4H3,(H,25,26)/b24-14+. The molecule has 0 aliphatic rings. The maximum atomic E-state index is 12.4. The van der Waals surface area contributed by atoms with Crippen molar-refractivity contribution in [3.63, 3.8) is 0 Å². The molecule has 30 heavy (non-hydrogen) atoms. The van der Waals surface area contributed by atoms with Crippen LogP contribution in [0.1, 0.15) is 29.8 Å². The zero-order valence-corrected chi connectivity index (χ0v) is 19.4. The summed E-state index contributed by atoms with van der Waals surface area (Å²) in [6, 6.07) is 8.66. The Kier molecular flexibility index (Phi) is 9.46. The fourth-order valence-corrected chi connectivity index (χ4v) is 3.30. The van der Waals surface area contributed by atoms with E-state index in [-0.39, 0.29) is 5.91 Å². The lowest BCUT2D eigenvalue weighted by Crippen LogP contribution is -2.17. The van der Waals surface area contributed by atoms with E-state index in [0.717, 1.165) is 9.13 Å². The smallest absolute Gasteiger partial charge is 0.271 e. The maximum Gasteiger partial charge on any atom is 0.271 e. The van der Waals surface area contributed by atoms with E-state index < -0.39 is 0 Å². The van der Waals surface area contributed by atoms with Crippen molar-refractivity contribution in [2.45, 2.75) is 13.8 Å². The predicted octanol–water partition coefficient (Wildman–Crippen LogP) is 4.43. The lowest BCUT2D eigenvalue weighted by Gasteiger charge is -2.12. The van der Waals surface area contributed by atoms with E-state index in [1.165, 1.54) is 6.21 Å². The summed E-state index contributed by atoms with van der Waals surface area (Å²) >= 11 is 2.16. The second-order valence-corrected chi connectivity index (χ2v) is 7.02. The van der Waals surface area contributed by atoms with Crippen LogP contribution in [0.5, 0.6) is 23.0 Å². The molecule has 0 heterocycles. The quantitative estimate of drug-likeness (QED) is 0.204. The van der Waals surface area contributed by atoms with Gasteiger partial charge in [0.1, 0.15) is 6.61 Å². The molecule has 0 bridgehead atoms. The van der Waals surface area contributed by atoms with Crippen LogP contribution in [0.3, 0.4) is 0 Å². The third-order valence-electron chi connectivity index (χ3n) is 3.78. The number of methoxy groups -OCH3 is 1. The van der Waals surface area contributed by atoms with E-state index in [9.17, 15) is 4.79 Å². The topological polar surface area (TPSA) is 78.4 Å². The molecule has 0 radical (unpaired) electrons. The van der Waals surface area contributed by atoms with Gasteiger partial charge in [-0.15, -0.1) is 0 Å². The molecule has 2 aromatic carbocycles. The van der Waals surface area contributed by atoms with Crippen LogP contribution >= 0.6 is 22.6 Å². The number of carbonyl (C=O) groups excluding carboxylic acids is 1. The molecule has 7 nitrogen and oxygen atoms in total. The van der Waals surface area contributed by atoms with Gasteiger partial charge in [-0.1, -0.05) is 12.7 Å². The van der Waals surface area contributed by atoms with Gasteiger partial charge in [0.2, 0.25) is 0 Å². The first-order valence-corrected chi connectivity index (χ1v) is 10.5. The SMILES string of the molecule is C=CCOc1c(I)cc(/C=N/NC(=O)c2ccc(OCC)c(OCC)c2)cc1OC. The van der Waals surface area contributed by atoms with E-state index in [1.807, 2.05) is 19.9 Å². The summed E-state index contributed by atoms with van der Waals surface area (Å²) in [5.41, 5.74) is 3.69. The van der Waals surface area contributed by atoms with Crippen molar-refractivity contribution in [2.75, 3.05) is 26.9 Å². The minimum absolute atomic E-state index is 0.358. The van der Waals surface area contributed by atoms with E-state index in [2.05, 4.69) is 39.7 Å². The van der Waals surface area contributed by atoms with Crippen molar-refractivity contribution in [1.82, 2.24) is 5.43 Å². The van der Waals surface area contributed by atoms with Gasteiger partial charge >= 0.3 is 0 Å². The number of nitrogens with one attached hydrogen (secondary N) is 1. The van der Waals surface area contributed by atoms with E-state index in [4.69, 9.17) is 18.9 Å². The monoisotopic (exact) mass is 524 g/mol. The number of benzene rings is 2. The summed E-state index contributed by atoms with van der Waals surface area (Å²) in [5.74, 6) is 1.97. The molecule has 8 heteroatoms. The predicted molar refractivity (Wildman–Crippen MR) is 125 cm³/mol. The van der Waals surface area contributed by atoms with Crippen LogP contribution in [0.4, 0.5) is 0 Å². The number of nitrogens with zero attached hydrogens (tertiary/aromatic N) is 1. The zero-order valence-electron chi connectivity index (χ0n) is 17.2. The number of halogens is 1. The van der Waals surface area contributed by atoms with Crippen molar-refractivity contribution in [2.24, 2.45) is 5.10 Å². The van der Waals surface area contributed by atoms with Crippen LogP contribution in [-0.4, -0.2) is 39.1 Å². The molecule has 0 atom stereocenters. The molecule has 1 N–H and O–H groups in total. The largest absolute Gasteiger partial charge is 0.493 e. The number of carbonyl (C=O) groups is 1. The fourth-order valence-electron chi connectivity index (χ4n) is 2.52. The molecular weight excluding hydrogens is 499 g/mol. The minimum atomic E-state index is -0.358. The average molecular weight is 524 g/mol. The molecule has 2 rings (SSSR count). The van der Waals surface area contributed by atoms with E-state index in [0.29, 0.717) is 48.4 Å². The Hall–Kier alpha value is -2.75. The van der Waals surface area contributed by atoms with E-state index in [1.54, 1.807) is 37.5 Å². The Morgan fingerprint density at radius 2 is 1.83 bits per heavy atom. The zero-order chi connectivity index (χ0) is 21.9. The Balaban J connectivity index is 2.13. The summed E-state index contributed by atoms with van der Waals surface area (Å²) in [6.07, 6.45) is 3.20. The molecule has 0 fully saturated rings. The molecule has 0 aliphatic heterocycles. The minimum Gasteiger partial charge on any atom is -0.493 e. The summed E-state index contributed by atoms with van der Waals surface area (Å²) in [4.78, 5) is 12.4. The van der Waals surface area contributed by atoms with Gasteiger partial charge in [0.15, 0.2) is 23.0 Å². The van der Waals surface area contributed by atoms with Crippen LogP contribution < -0.4 is 24.4 Å². The first-order chi connectivity index (χ1) is 14.5. The second-order valence-electron chi connectivity index (χ2n) is 5.86. The van der Waals surface area contributed by atoms with Gasteiger partial charge in [0.25, 0.3) is 5.91 Å². The van der Waals surface area contributed by atoms with Gasteiger partial charge in [0, 0.05) is 5.56 Å². The summed E-state index contributed by atoms with van der Waals surface area (Å²) in [7, 11) is 1.57. The first kappa shape index (κ1) is 23.5. The van der Waals surface area contributed by atoms with Crippen molar-refractivity contribution >= 4 is 34.7 Å². The Bertz CT molecular complexity index is 915. The summed E-state index contributed by atoms with van der Waals surface area (Å²) in [6.45, 7) is 8.76. The Morgan fingerprint density at radius 1 is 1.10 bits per heavy atom. The normalized spacial score (nSPS) is 10.5. The van der Waals surface area contributed by atoms with Crippen LogP contribution in [0.15, 0.2) is 48.1 Å². The number of hydrogen-bond donors (Lipinski definition) is 1. The number of hydrogen-bond acceptors (Lipinski definition) is 6. The molecule has 0 aliphatic carbocycles. The molecule has 1 amide bonds. The Morgan fingerprint density at radius 3 is 2.50 bits per heavy atom.